The number of rotatable bonds is 1. The van der Waals surface area contributed by atoms with Gasteiger partial charge in [-0.25, -0.2) is 4.98 Å². The fourth-order valence-electron chi connectivity index (χ4n) is 1.28. The predicted molar refractivity (Wildman–Crippen MR) is 51.1 cm³/mol. The Kier molecular flexibility index (Phi) is 2.52. The van der Waals surface area contributed by atoms with Crippen molar-refractivity contribution in [2.24, 2.45) is 7.05 Å². The van der Waals surface area contributed by atoms with E-state index in [4.69, 9.17) is 11.8 Å². The summed E-state index contributed by atoms with van der Waals surface area (Å²) in [5, 5.41) is 7.53. The zero-order valence-electron chi connectivity index (χ0n) is 8.18. The van der Waals surface area contributed by atoms with Crippen LogP contribution in [0.5, 0.6) is 0 Å². The Balaban J connectivity index is 3.46. The SMILES string of the molecule is C#CCc1c(C)nc(=N)n(C)c1C. The van der Waals surface area contributed by atoms with Crippen molar-refractivity contribution >= 4 is 0 Å². The lowest BCUT2D eigenvalue weighted by atomic mass is 10.1. The van der Waals surface area contributed by atoms with Crippen LogP contribution in [0.25, 0.3) is 0 Å². The molecule has 13 heavy (non-hydrogen) atoms. The predicted octanol–water partition coefficient (Wildman–Crippen LogP) is 0.692. The lowest BCUT2D eigenvalue weighted by Gasteiger charge is -2.10. The first-order chi connectivity index (χ1) is 6.07. The highest BCUT2D eigenvalue weighted by Crippen LogP contribution is 2.08. The molecule has 0 aliphatic heterocycles. The van der Waals surface area contributed by atoms with Crippen molar-refractivity contribution in [2.75, 3.05) is 0 Å². The minimum atomic E-state index is 0.274. The molecular weight excluding hydrogens is 162 g/mol. The molecule has 68 valence electrons. The van der Waals surface area contributed by atoms with Crippen LogP contribution in [0.3, 0.4) is 0 Å². The van der Waals surface area contributed by atoms with Crippen LogP contribution in [0.2, 0.25) is 0 Å². The summed E-state index contributed by atoms with van der Waals surface area (Å²) in [4.78, 5) is 4.09. The summed E-state index contributed by atoms with van der Waals surface area (Å²) >= 11 is 0. The molecule has 0 aromatic carbocycles. The van der Waals surface area contributed by atoms with Crippen LogP contribution in [0.4, 0.5) is 0 Å². The summed E-state index contributed by atoms with van der Waals surface area (Å²) in [6, 6.07) is 0. The van der Waals surface area contributed by atoms with Crippen LogP contribution in [0.15, 0.2) is 0 Å². The van der Waals surface area contributed by atoms with Crippen molar-refractivity contribution in [3.63, 3.8) is 0 Å². The van der Waals surface area contributed by atoms with Crippen molar-refractivity contribution in [1.82, 2.24) is 9.55 Å². The molecule has 0 bridgehead atoms. The zero-order chi connectivity index (χ0) is 10.0. The third-order valence-corrected chi connectivity index (χ3v) is 2.25. The minimum absolute atomic E-state index is 0.274. The van der Waals surface area contributed by atoms with E-state index in [0.29, 0.717) is 6.42 Å². The van der Waals surface area contributed by atoms with E-state index in [2.05, 4.69) is 10.9 Å². The molecule has 3 heteroatoms. The molecule has 0 aliphatic rings. The highest BCUT2D eigenvalue weighted by Gasteiger charge is 2.05. The van der Waals surface area contributed by atoms with Crippen LogP contribution in [0, 0.1) is 31.6 Å². The highest BCUT2D eigenvalue weighted by atomic mass is 15.0. The van der Waals surface area contributed by atoms with Gasteiger partial charge in [-0.15, -0.1) is 12.3 Å². The topological polar surface area (TPSA) is 41.7 Å². The second kappa shape index (κ2) is 3.44. The number of nitrogens with zero attached hydrogens (tertiary/aromatic N) is 2. The summed E-state index contributed by atoms with van der Waals surface area (Å²) in [6.45, 7) is 3.84. The van der Waals surface area contributed by atoms with Crippen molar-refractivity contribution in [1.29, 1.82) is 5.41 Å². The summed E-state index contributed by atoms with van der Waals surface area (Å²) in [7, 11) is 1.82. The first-order valence-electron chi connectivity index (χ1n) is 4.09. The number of aryl methyl sites for hydroxylation is 1. The van der Waals surface area contributed by atoms with Gasteiger partial charge in [0.2, 0.25) is 5.62 Å². The minimum Gasteiger partial charge on any atom is -0.318 e. The molecule has 0 aliphatic carbocycles. The Hall–Kier alpha value is -1.56. The van der Waals surface area contributed by atoms with Crippen molar-refractivity contribution in [3.8, 4) is 12.3 Å². The average molecular weight is 175 g/mol. The Morgan fingerprint density at radius 2 is 2.15 bits per heavy atom. The third-order valence-electron chi connectivity index (χ3n) is 2.25. The summed E-state index contributed by atoms with van der Waals surface area (Å²) in [5.74, 6) is 2.60. The molecule has 3 nitrogen and oxygen atoms in total. The van der Waals surface area contributed by atoms with Gasteiger partial charge in [-0.3, -0.25) is 5.41 Å². The first-order valence-corrected chi connectivity index (χ1v) is 4.09. The van der Waals surface area contributed by atoms with E-state index in [1.807, 2.05) is 20.9 Å². The Labute approximate surface area is 78.0 Å². The molecule has 0 radical (unpaired) electrons. The van der Waals surface area contributed by atoms with Gasteiger partial charge in [-0.1, -0.05) is 0 Å². The van der Waals surface area contributed by atoms with E-state index in [-0.39, 0.29) is 5.62 Å². The molecule has 1 heterocycles. The van der Waals surface area contributed by atoms with Gasteiger partial charge in [0.1, 0.15) is 0 Å². The average Bonchev–Trinajstić information content (AvgIpc) is 2.09. The maximum atomic E-state index is 7.53. The van der Waals surface area contributed by atoms with E-state index in [1.54, 1.807) is 4.57 Å². The van der Waals surface area contributed by atoms with Gasteiger partial charge in [-0.05, 0) is 13.8 Å². The van der Waals surface area contributed by atoms with Crippen molar-refractivity contribution in [2.45, 2.75) is 20.3 Å². The fourth-order valence-corrected chi connectivity index (χ4v) is 1.28. The summed E-state index contributed by atoms with van der Waals surface area (Å²) in [6.07, 6.45) is 5.83. The normalized spacial score (nSPS) is 9.69. The van der Waals surface area contributed by atoms with E-state index in [1.165, 1.54) is 0 Å². The molecule has 0 amide bonds. The smallest absolute Gasteiger partial charge is 0.222 e. The second-order valence-electron chi connectivity index (χ2n) is 3.02. The molecule has 1 rings (SSSR count). The largest absolute Gasteiger partial charge is 0.318 e. The van der Waals surface area contributed by atoms with Crippen LogP contribution in [-0.4, -0.2) is 9.55 Å². The standard InChI is InChI=1S/C10H13N3/c1-5-6-9-7(2)12-10(11)13(4)8(9)3/h1,11H,6H2,2-4H3. The molecule has 0 spiro atoms. The monoisotopic (exact) mass is 175 g/mol. The summed E-state index contributed by atoms with van der Waals surface area (Å²) in [5.41, 5.74) is 3.21. The Bertz CT molecular complexity index is 421. The van der Waals surface area contributed by atoms with E-state index in [0.717, 1.165) is 17.0 Å². The maximum Gasteiger partial charge on any atom is 0.222 e. The first kappa shape index (κ1) is 9.53. The van der Waals surface area contributed by atoms with Crippen LogP contribution < -0.4 is 5.62 Å². The van der Waals surface area contributed by atoms with Gasteiger partial charge in [0.15, 0.2) is 0 Å². The molecular formula is C10H13N3. The van der Waals surface area contributed by atoms with Gasteiger partial charge < -0.3 is 4.57 Å². The number of terminal acetylenes is 1. The van der Waals surface area contributed by atoms with E-state index >= 15 is 0 Å². The van der Waals surface area contributed by atoms with Gasteiger partial charge in [0.25, 0.3) is 0 Å². The van der Waals surface area contributed by atoms with E-state index < -0.39 is 0 Å². The lowest BCUT2D eigenvalue weighted by Crippen LogP contribution is -2.25. The number of hydrogen-bond acceptors (Lipinski definition) is 2. The molecule has 0 fully saturated rings. The number of hydrogen-bond donors (Lipinski definition) is 1. The third kappa shape index (κ3) is 1.62. The fraction of sp³-hybridized carbons (Fsp3) is 0.400. The molecule has 0 saturated heterocycles. The molecule has 0 unspecified atom stereocenters. The lowest BCUT2D eigenvalue weighted by molar-refractivity contribution is 0.711. The molecule has 0 saturated carbocycles. The quantitative estimate of drug-likeness (QED) is 0.627. The second-order valence-corrected chi connectivity index (χ2v) is 3.02. The van der Waals surface area contributed by atoms with Gasteiger partial charge in [0.05, 0.1) is 0 Å². The Morgan fingerprint density at radius 1 is 1.54 bits per heavy atom. The number of aromatic nitrogens is 2. The van der Waals surface area contributed by atoms with Gasteiger partial charge >= 0.3 is 0 Å². The number of nitrogens with one attached hydrogen (secondary N) is 1. The maximum absolute atomic E-state index is 7.53. The molecule has 1 aromatic rings. The molecule has 1 aromatic heterocycles. The van der Waals surface area contributed by atoms with Crippen LogP contribution >= 0.6 is 0 Å². The summed E-state index contributed by atoms with van der Waals surface area (Å²) < 4.78 is 1.74. The van der Waals surface area contributed by atoms with E-state index in [9.17, 15) is 0 Å². The van der Waals surface area contributed by atoms with Gasteiger partial charge in [0, 0.05) is 30.4 Å². The molecule has 0 atom stereocenters. The van der Waals surface area contributed by atoms with Crippen LogP contribution in [-0.2, 0) is 13.5 Å². The zero-order valence-corrected chi connectivity index (χ0v) is 8.18. The van der Waals surface area contributed by atoms with Gasteiger partial charge in [-0.2, -0.15) is 0 Å². The van der Waals surface area contributed by atoms with Crippen molar-refractivity contribution < 1.29 is 0 Å². The Morgan fingerprint density at radius 3 is 2.69 bits per heavy atom. The van der Waals surface area contributed by atoms with Crippen LogP contribution in [0.1, 0.15) is 17.0 Å². The molecule has 1 N–H and O–H groups in total. The van der Waals surface area contributed by atoms with Crippen molar-refractivity contribution in [3.05, 3.63) is 22.6 Å². The highest BCUT2D eigenvalue weighted by molar-refractivity contribution is 5.27.